The Kier molecular flexibility index (Phi) is 3.52. The quantitative estimate of drug-likeness (QED) is 0.942. The van der Waals surface area contributed by atoms with Crippen molar-refractivity contribution in [3.05, 3.63) is 58.7 Å². The highest BCUT2D eigenvalue weighted by Crippen LogP contribution is 2.32. The number of hydrogen-bond acceptors (Lipinski definition) is 3. The van der Waals surface area contributed by atoms with Gasteiger partial charge in [0.05, 0.1) is 0 Å². The minimum absolute atomic E-state index is 0.116. The molecule has 0 aromatic heterocycles. The predicted octanol–water partition coefficient (Wildman–Crippen LogP) is 2.96. The fourth-order valence-corrected chi connectivity index (χ4v) is 2.31. The lowest BCUT2D eigenvalue weighted by atomic mass is 10.1. The van der Waals surface area contributed by atoms with Crippen molar-refractivity contribution in [3.63, 3.8) is 0 Å². The molecule has 4 nitrogen and oxygen atoms in total. The molecule has 0 radical (unpaired) electrons. The summed E-state index contributed by atoms with van der Waals surface area (Å²) in [5, 5.41) is 2.94. The highest BCUT2D eigenvalue weighted by Gasteiger charge is 2.16. The number of carbonyl (C=O) groups excluding carboxylic acids is 1. The molecule has 0 spiro atoms. The molecule has 0 aliphatic carbocycles. The van der Waals surface area contributed by atoms with Gasteiger partial charge >= 0.3 is 0 Å². The third-order valence-electron chi connectivity index (χ3n) is 3.58. The molecule has 0 unspecified atom stereocenters. The molecular formula is C17H17NO3. The fraction of sp³-hybridized carbons (Fsp3) is 0.235. The lowest BCUT2D eigenvalue weighted by Gasteiger charge is -2.09. The number of ether oxygens (including phenoxy) is 2. The van der Waals surface area contributed by atoms with Crippen LogP contribution >= 0.6 is 0 Å². The smallest absolute Gasteiger partial charge is 0.251 e. The molecule has 2 aromatic carbocycles. The molecule has 0 bridgehead atoms. The van der Waals surface area contributed by atoms with Gasteiger partial charge in [0.1, 0.15) is 0 Å². The van der Waals surface area contributed by atoms with Crippen LogP contribution in [0.2, 0.25) is 0 Å². The molecule has 1 amide bonds. The molecule has 108 valence electrons. The van der Waals surface area contributed by atoms with Gasteiger partial charge in [0.2, 0.25) is 6.79 Å². The maximum atomic E-state index is 12.2. The Bertz CT molecular complexity index is 694. The fourth-order valence-electron chi connectivity index (χ4n) is 2.31. The topological polar surface area (TPSA) is 47.6 Å². The summed E-state index contributed by atoms with van der Waals surface area (Å²) in [5.41, 5.74) is 4.06. The molecule has 4 heteroatoms. The van der Waals surface area contributed by atoms with Crippen LogP contribution in [0.3, 0.4) is 0 Å². The van der Waals surface area contributed by atoms with Gasteiger partial charge in [-0.3, -0.25) is 4.79 Å². The van der Waals surface area contributed by atoms with Gasteiger partial charge in [-0.05, 0) is 43.2 Å². The van der Waals surface area contributed by atoms with Crippen molar-refractivity contribution in [2.45, 2.75) is 20.4 Å². The second kappa shape index (κ2) is 5.48. The number of aryl methyl sites for hydroxylation is 2. The van der Waals surface area contributed by atoms with Crippen molar-refractivity contribution in [2.24, 2.45) is 0 Å². The molecule has 21 heavy (non-hydrogen) atoms. The molecule has 2 aromatic rings. The van der Waals surface area contributed by atoms with Crippen LogP contribution in [-0.2, 0) is 6.54 Å². The Morgan fingerprint density at radius 1 is 1.10 bits per heavy atom. The summed E-state index contributed by atoms with van der Waals surface area (Å²) >= 11 is 0. The molecular weight excluding hydrogens is 266 g/mol. The van der Waals surface area contributed by atoms with Gasteiger partial charge in [-0.1, -0.05) is 23.8 Å². The second-order valence-corrected chi connectivity index (χ2v) is 5.18. The highest BCUT2D eigenvalue weighted by molar-refractivity contribution is 5.94. The summed E-state index contributed by atoms with van der Waals surface area (Å²) in [4.78, 5) is 12.2. The van der Waals surface area contributed by atoms with Crippen LogP contribution in [0.25, 0.3) is 0 Å². The number of benzene rings is 2. The van der Waals surface area contributed by atoms with E-state index in [1.165, 1.54) is 11.1 Å². The monoisotopic (exact) mass is 283 g/mol. The van der Waals surface area contributed by atoms with Crippen LogP contribution in [-0.4, -0.2) is 12.7 Å². The second-order valence-electron chi connectivity index (χ2n) is 5.18. The van der Waals surface area contributed by atoms with Crippen molar-refractivity contribution in [1.82, 2.24) is 5.32 Å². The largest absolute Gasteiger partial charge is 0.454 e. The summed E-state index contributed by atoms with van der Waals surface area (Å²) < 4.78 is 10.5. The maximum Gasteiger partial charge on any atom is 0.251 e. The normalized spacial score (nSPS) is 12.3. The zero-order valence-electron chi connectivity index (χ0n) is 12.1. The summed E-state index contributed by atoms with van der Waals surface area (Å²) in [6, 6.07) is 11.4. The lowest BCUT2D eigenvalue weighted by Crippen LogP contribution is -2.23. The summed E-state index contributed by atoms with van der Waals surface area (Å²) in [6.45, 7) is 4.81. The molecule has 0 atom stereocenters. The molecule has 1 aliphatic heterocycles. The van der Waals surface area contributed by atoms with E-state index >= 15 is 0 Å². The SMILES string of the molecule is Cc1ccc(C)c(CNC(=O)c2ccc3c(c2)OCO3)c1. The van der Waals surface area contributed by atoms with E-state index < -0.39 is 0 Å². The van der Waals surface area contributed by atoms with E-state index in [-0.39, 0.29) is 12.7 Å². The van der Waals surface area contributed by atoms with Crippen molar-refractivity contribution in [1.29, 1.82) is 0 Å². The third kappa shape index (κ3) is 2.84. The van der Waals surface area contributed by atoms with Crippen molar-refractivity contribution in [3.8, 4) is 11.5 Å². The summed E-state index contributed by atoms with van der Waals surface area (Å²) in [6.07, 6.45) is 0. The van der Waals surface area contributed by atoms with Gasteiger partial charge in [-0.25, -0.2) is 0 Å². The van der Waals surface area contributed by atoms with Crippen molar-refractivity contribution >= 4 is 5.91 Å². The Morgan fingerprint density at radius 2 is 1.90 bits per heavy atom. The minimum Gasteiger partial charge on any atom is -0.454 e. The molecule has 1 N–H and O–H groups in total. The van der Waals surface area contributed by atoms with E-state index in [0.717, 1.165) is 5.56 Å². The summed E-state index contributed by atoms with van der Waals surface area (Å²) in [5.74, 6) is 1.18. The molecule has 0 saturated heterocycles. The molecule has 1 heterocycles. The van der Waals surface area contributed by atoms with Crippen LogP contribution in [0.1, 0.15) is 27.0 Å². The Morgan fingerprint density at radius 3 is 2.76 bits per heavy atom. The zero-order chi connectivity index (χ0) is 14.8. The first-order valence-electron chi connectivity index (χ1n) is 6.87. The first-order valence-corrected chi connectivity index (χ1v) is 6.87. The Hall–Kier alpha value is -2.49. The molecule has 0 saturated carbocycles. The zero-order valence-corrected chi connectivity index (χ0v) is 12.1. The minimum atomic E-state index is -0.116. The molecule has 3 rings (SSSR count). The average Bonchev–Trinajstić information content (AvgIpc) is 2.95. The van der Waals surface area contributed by atoms with Crippen LogP contribution in [0.5, 0.6) is 11.5 Å². The summed E-state index contributed by atoms with van der Waals surface area (Å²) in [7, 11) is 0. The van der Waals surface area contributed by atoms with Gasteiger partial charge in [-0.15, -0.1) is 0 Å². The number of rotatable bonds is 3. The van der Waals surface area contributed by atoms with Gasteiger partial charge in [0.15, 0.2) is 11.5 Å². The average molecular weight is 283 g/mol. The van der Waals surface area contributed by atoms with Crippen molar-refractivity contribution in [2.75, 3.05) is 6.79 Å². The van der Waals surface area contributed by atoms with Crippen LogP contribution in [0, 0.1) is 13.8 Å². The first kappa shape index (κ1) is 13.5. The predicted molar refractivity (Wildman–Crippen MR) is 79.7 cm³/mol. The van der Waals surface area contributed by atoms with Crippen LogP contribution in [0.15, 0.2) is 36.4 Å². The van der Waals surface area contributed by atoms with Gasteiger partial charge < -0.3 is 14.8 Å². The lowest BCUT2D eigenvalue weighted by molar-refractivity contribution is 0.0950. The van der Waals surface area contributed by atoms with Crippen LogP contribution < -0.4 is 14.8 Å². The number of hydrogen-bond donors (Lipinski definition) is 1. The first-order chi connectivity index (χ1) is 10.1. The van der Waals surface area contributed by atoms with E-state index in [2.05, 4.69) is 23.5 Å². The van der Waals surface area contributed by atoms with Gasteiger partial charge in [-0.2, -0.15) is 0 Å². The van der Waals surface area contributed by atoms with Crippen LogP contribution in [0.4, 0.5) is 0 Å². The number of nitrogens with one attached hydrogen (secondary N) is 1. The Balaban J connectivity index is 1.70. The number of amides is 1. The van der Waals surface area contributed by atoms with E-state index in [9.17, 15) is 4.79 Å². The van der Waals surface area contributed by atoms with Crippen molar-refractivity contribution < 1.29 is 14.3 Å². The molecule has 1 aliphatic rings. The van der Waals surface area contributed by atoms with Gasteiger partial charge in [0.25, 0.3) is 5.91 Å². The van der Waals surface area contributed by atoms with E-state index in [1.54, 1.807) is 18.2 Å². The van der Waals surface area contributed by atoms with E-state index in [0.29, 0.717) is 23.6 Å². The van der Waals surface area contributed by atoms with Gasteiger partial charge in [0, 0.05) is 12.1 Å². The Labute approximate surface area is 123 Å². The third-order valence-corrected chi connectivity index (χ3v) is 3.58. The highest BCUT2D eigenvalue weighted by atomic mass is 16.7. The maximum absolute atomic E-state index is 12.2. The number of fused-ring (bicyclic) bond motifs is 1. The standard InChI is InChI=1S/C17H17NO3/c1-11-3-4-12(2)14(7-11)9-18-17(19)13-5-6-15-16(8-13)21-10-20-15/h3-8H,9-10H2,1-2H3,(H,18,19). The van der Waals surface area contributed by atoms with E-state index in [4.69, 9.17) is 9.47 Å². The molecule has 0 fully saturated rings. The number of carbonyl (C=O) groups is 1. The van der Waals surface area contributed by atoms with E-state index in [1.807, 2.05) is 13.8 Å².